The minimum Gasteiger partial charge on any atom is -0.411 e. The van der Waals surface area contributed by atoms with E-state index in [2.05, 4.69) is 5.16 Å². The van der Waals surface area contributed by atoms with Crippen LogP contribution in [0.3, 0.4) is 0 Å². The Morgan fingerprint density at radius 2 is 1.88 bits per heavy atom. The molecule has 5 aliphatic carbocycles. The molecule has 0 aromatic heterocycles. The highest BCUT2D eigenvalue weighted by molar-refractivity contribution is 5.96. The number of hydrogen-bond acceptors (Lipinski definition) is 4. The van der Waals surface area contributed by atoms with Crippen LogP contribution in [-0.4, -0.2) is 29.9 Å². The molecule has 6 fully saturated rings. The molecule has 2 bridgehead atoms. The van der Waals surface area contributed by atoms with Gasteiger partial charge in [0.25, 0.3) is 0 Å². The monoisotopic (exact) mass is 233 g/mol. The number of ether oxygens (including phenoxy) is 2. The maximum Gasteiger partial charge on any atom is 0.175 e. The lowest BCUT2D eigenvalue weighted by atomic mass is 9.58. The van der Waals surface area contributed by atoms with Crippen LogP contribution in [0.5, 0.6) is 0 Å². The van der Waals surface area contributed by atoms with Gasteiger partial charge in [0, 0.05) is 23.7 Å². The van der Waals surface area contributed by atoms with Gasteiger partial charge in [-0.1, -0.05) is 5.16 Å². The Morgan fingerprint density at radius 1 is 1.06 bits per heavy atom. The first-order valence-electron chi connectivity index (χ1n) is 6.88. The zero-order valence-electron chi connectivity index (χ0n) is 9.45. The van der Waals surface area contributed by atoms with Crippen LogP contribution < -0.4 is 0 Å². The fourth-order valence-electron chi connectivity index (χ4n) is 7.11. The normalized spacial score (nSPS) is 68.8. The van der Waals surface area contributed by atoms with Gasteiger partial charge in [-0.3, -0.25) is 0 Å². The van der Waals surface area contributed by atoms with Crippen LogP contribution in [0.25, 0.3) is 0 Å². The molecule has 4 nitrogen and oxygen atoms in total. The van der Waals surface area contributed by atoms with E-state index >= 15 is 0 Å². The fourth-order valence-corrected chi connectivity index (χ4v) is 7.11. The van der Waals surface area contributed by atoms with Gasteiger partial charge in [0.15, 0.2) is 5.79 Å². The minimum absolute atomic E-state index is 0.263. The summed E-state index contributed by atoms with van der Waals surface area (Å²) in [6.45, 7) is 1.51. The third-order valence-corrected chi connectivity index (χ3v) is 6.97. The van der Waals surface area contributed by atoms with Gasteiger partial charge in [0.05, 0.1) is 18.9 Å². The molecule has 0 amide bonds. The van der Waals surface area contributed by atoms with Crippen LogP contribution in [0.1, 0.15) is 6.42 Å². The van der Waals surface area contributed by atoms with Crippen LogP contribution in [-0.2, 0) is 9.47 Å². The molecule has 90 valence electrons. The summed E-state index contributed by atoms with van der Waals surface area (Å²) < 4.78 is 12.2. The summed E-state index contributed by atoms with van der Waals surface area (Å²) in [6.07, 6.45) is 1.34. The summed E-state index contributed by atoms with van der Waals surface area (Å²) in [7, 11) is 0. The molecule has 1 aliphatic heterocycles. The van der Waals surface area contributed by atoms with Crippen molar-refractivity contribution >= 4 is 5.71 Å². The van der Waals surface area contributed by atoms with Gasteiger partial charge in [-0.2, -0.15) is 0 Å². The lowest BCUT2D eigenvalue weighted by molar-refractivity contribution is -0.241. The average Bonchev–Trinajstić information content (AvgIpc) is 2.95. The first-order valence-corrected chi connectivity index (χ1v) is 6.88. The van der Waals surface area contributed by atoms with E-state index in [0.29, 0.717) is 23.7 Å². The van der Waals surface area contributed by atoms with Crippen LogP contribution >= 0.6 is 0 Å². The van der Waals surface area contributed by atoms with E-state index in [1.165, 1.54) is 6.42 Å². The zero-order chi connectivity index (χ0) is 10.9. The second kappa shape index (κ2) is 2.16. The van der Waals surface area contributed by atoms with E-state index < -0.39 is 0 Å². The van der Waals surface area contributed by atoms with E-state index in [1.54, 1.807) is 0 Å². The van der Waals surface area contributed by atoms with E-state index in [0.717, 1.165) is 42.6 Å². The molecule has 1 spiro atoms. The molecule has 1 saturated heterocycles. The van der Waals surface area contributed by atoms with E-state index in [1.807, 2.05) is 0 Å². The van der Waals surface area contributed by atoms with Crippen molar-refractivity contribution in [3.05, 3.63) is 0 Å². The second-order valence-corrected chi connectivity index (χ2v) is 6.76. The molecule has 5 saturated carbocycles. The van der Waals surface area contributed by atoms with Crippen molar-refractivity contribution in [3.8, 4) is 0 Å². The fraction of sp³-hybridized carbons (Fsp3) is 0.923. The van der Waals surface area contributed by atoms with Crippen molar-refractivity contribution in [2.24, 2.45) is 52.5 Å². The topological polar surface area (TPSA) is 51.1 Å². The predicted molar refractivity (Wildman–Crippen MR) is 56.4 cm³/mol. The molecular weight excluding hydrogens is 218 g/mol. The highest BCUT2D eigenvalue weighted by Gasteiger charge is 2.88. The van der Waals surface area contributed by atoms with Gasteiger partial charge in [0.1, 0.15) is 0 Å². The number of hydrogen-bond donors (Lipinski definition) is 1. The van der Waals surface area contributed by atoms with Gasteiger partial charge in [-0.15, -0.1) is 0 Å². The number of oxime groups is 1. The largest absolute Gasteiger partial charge is 0.411 e. The summed E-state index contributed by atoms with van der Waals surface area (Å²) in [5, 5.41) is 13.0. The number of rotatable bonds is 0. The van der Waals surface area contributed by atoms with Gasteiger partial charge in [-0.05, 0) is 30.1 Å². The average molecular weight is 233 g/mol. The zero-order valence-corrected chi connectivity index (χ0v) is 9.45. The van der Waals surface area contributed by atoms with Crippen LogP contribution in [0.2, 0.25) is 0 Å². The van der Waals surface area contributed by atoms with E-state index in [4.69, 9.17) is 9.47 Å². The Bertz CT molecular complexity index is 469. The summed E-state index contributed by atoms with van der Waals surface area (Å²) >= 11 is 0. The molecule has 1 N–H and O–H groups in total. The van der Waals surface area contributed by atoms with Gasteiger partial charge >= 0.3 is 0 Å². The number of fused-ring (bicyclic) bond motifs is 4. The third-order valence-electron chi connectivity index (χ3n) is 6.97. The molecule has 17 heavy (non-hydrogen) atoms. The lowest BCUT2D eigenvalue weighted by Crippen LogP contribution is -2.58. The van der Waals surface area contributed by atoms with Crippen molar-refractivity contribution < 1.29 is 14.7 Å². The Kier molecular flexibility index (Phi) is 1.08. The summed E-state index contributed by atoms with van der Waals surface area (Å²) in [4.78, 5) is 0. The van der Waals surface area contributed by atoms with Gasteiger partial charge < -0.3 is 14.7 Å². The Morgan fingerprint density at radius 3 is 2.65 bits per heavy atom. The summed E-state index contributed by atoms with van der Waals surface area (Å²) in [6, 6.07) is 0. The summed E-state index contributed by atoms with van der Waals surface area (Å²) in [5.74, 6) is 4.94. The molecule has 0 aromatic carbocycles. The molecule has 0 radical (unpaired) electrons. The first-order chi connectivity index (χ1) is 8.38. The molecule has 6 aliphatic rings. The smallest absolute Gasteiger partial charge is 0.175 e. The van der Waals surface area contributed by atoms with E-state index in [-0.39, 0.29) is 5.79 Å². The second-order valence-electron chi connectivity index (χ2n) is 6.76. The maximum absolute atomic E-state index is 9.32. The molecule has 8 atom stereocenters. The Hall–Kier alpha value is -0.610. The van der Waals surface area contributed by atoms with Crippen molar-refractivity contribution in [1.82, 2.24) is 0 Å². The molecular formula is C13H15NO3. The van der Waals surface area contributed by atoms with Gasteiger partial charge in [-0.25, -0.2) is 0 Å². The molecule has 4 heteroatoms. The Labute approximate surface area is 99.0 Å². The highest BCUT2D eigenvalue weighted by atomic mass is 16.7. The number of nitrogens with zero attached hydrogens (tertiary/aromatic N) is 1. The quantitative estimate of drug-likeness (QED) is 0.500. The first kappa shape index (κ1) is 8.48. The van der Waals surface area contributed by atoms with Gasteiger partial charge in [0.2, 0.25) is 0 Å². The van der Waals surface area contributed by atoms with Crippen LogP contribution in [0.4, 0.5) is 0 Å². The summed E-state index contributed by atoms with van der Waals surface area (Å²) in [5.41, 5.74) is 1.11. The maximum atomic E-state index is 9.32. The molecule has 1 heterocycles. The van der Waals surface area contributed by atoms with Crippen molar-refractivity contribution in [1.29, 1.82) is 0 Å². The van der Waals surface area contributed by atoms with Crippen LogP contribution in [0, 0.1) is 47.3 Å². The Balaban J connectivity index is 1.64. The van der Waals surface area contributed by atoms with Crippen molar-refractivity contribution in [3.63, 3.8) is 0 Å². The van der Waals surface area contributed by atoms with E-state index in [9.17, 15) is 5.21 Å². The van der Waals surface area contributed by atoms with Crippen molar-refractivity contribution in [2.75, 3.05) is 13.2 Å². The lowest BCUT2D eigenvalue weighted by Gasteiger charge is -2.50. The molecule has 0 unspecified atom stereocenters. The predicted octanol–water partition coefficient (Wildman–Crippen LogP) is 0.947. The molecule has 0 aromatic rings. The molecule has 6 rings (SSSR count). The minimum atomic E-state index is -0.263. The van der Waals surface area contributed by atoms with Crippen molar-refractivity contribution in [2.45, 2.75) is 12.2 Å². The SMILES string of the molecule is O/N=C1\[C@@H]2[C@H]3C[C@H]4[C@@H]5[C@@H]3[C@@H]1[C@H]5C1(OCCO1)[C@H]42. The van der Waals surface area contributed by atoms with Crippen LogP contribution in [0.15, 0.2) is 5.16 Å². The third kappa shape index (κ3) is 0.557. The highest BCUT2D eigenvalue weighted by Crippen LogP contribution is 2.85. The standard InChI is InChI=1S/C13H15NO3/c15-14-12-8-4-3-5-7-6(4)9(12)11(7)13(10(5)8)16-1-2-17-13/h4-11,15H,1-3H2/b14-12+/t4-,5-,6+,7+,8+,9+,10+,11-/m0/s1.